The molecule has 8 heteroatoms. The van der Waals surface area contributed by atoms with E-state index in [1.54, 1.807) is 30.6 Å². The third kappa shape index (κ3) is 4.01. The molecule has 1 aromatic heterocycles. The number of hydrogen-bond acceptors (Lipinski definition) is 3. The van der Waals surface area contributed by atoms with Crippen LogP contribution in [-0.4, -0.2) is 22.4 Å². The largest absolute Gasteiger partial charge is 0.465 e. The summed E-state index contributed by atoms with van der Waals surface area (Å²) in [5.74, 6) is -0.321. The number of benzene rings is 1. The van der Waals surface area contributed by atoms with Crippen molar-refractivity contribution in [3.8, 4) is 0 Å². The van der Waals surface area contributed by atoms with Crippen molar-refractivity contribution in [1.82, 2.24) is 10.3 Å². The van der Waals surface area contributed by atoms with Crippen LogP contribution in [0, 0.1) is 6.92 Å². The predicted octanol–water partition coefficient (Wildman–Crippen LogP) is 4.47. The van der Waals surface area contributed by atoms with E-state index in [0.29, 0.717) is 5.56 Å². The smallest absolute Gasteiger partial charge is 0.412 e. The number of hydrogen-bond donors (Lipinski definition) is 2. The lowest BCUT2D eigenvalue weighted by Crippen LogP contribution is -2.38. The van der Waals surface area contributed by atoms with Crippen LogP contribution in [-0.2, 0) is 0 Å². The lowest BCUT2D eigenvalue weighted by Gasteiger charge is -2.25. The van der Waals surface area contributed by atoms with Gasteiger partial charge >= 0.3 is 12.3 Å². The Morgan fingerprint density at radius 2 is 1.91 bits per heavy atom. The van der Waals surface area contributed by atoms with Gasteiger partial charge in [0.2, 0.25) is 0 Å². The summed E-state index contributed by atoms with van der Waals surface area (Å²) in [5.41, 5.74) is 0.327. The minimum atomic E-state index is -4.72. The maximum Gasteiger partial charge on any atom is 0.412 e. The first-order valence-electron chi connectivity index (χ1n) is 6.77. The Morgan fingerprint density at radius 3 is 2.39 bits per heavy atom. The topological polar surface area (TPSA) is 62.2 Å². The molecule has 23 heavy (non-hydrogen) atoms. The van der Waals surface area contributed by atoms with Gasteiger partial charge in [-0.2, -0.15) is 13.2 Å². The molecule has 0 aliphatic heterocycles. The van der Waals surface area contributed by atoms with Crippen LogP contribution in [0.2, 0.25) is 0 Å². The van der Waals surface area contributed by atoms with Crippen LogP contribution in [0.1, 0.15) is 39.9 Å². The zero-order chi connectivity index (χ0) is 17.2. The lowest BCUT2D eigenvalue weighted by atomic mass is 9.90. The van der Waals surface area contributed by atoms with Crippen LogP contribution in [0.3, 0.4) is 0 Å². The standard InChI is InChI=1S/C15H15F3N2O2S/c1-8(12-7-19-9(2)23-12)10-5-3-4-6-11(10)13(15(16,17)18)20-14(21)22/h3-8,13,20H,1-2H3,(H,21,22)/t8-,13-/m1/s1. The highest BCUT2D eigenvalue weighted by atomic mass is 32.1. The number of aryl methyl sites for hydroxylation is 1. The Balaban J connectivity index is 2.48. The lowest BCUT2D eigenvalue weighted by molar-refractivity contribution is -0.156. The Hall–Kier alpha value is -2.09. The number of nitrogens with zero attached hydrogens (tertiary/aromatic N) is 1. The fourth-order valence-corrected chi connectivity index (χ4v) is 3.21. The summed E-state index contributed by atoms with van der Waals surface area (Å²) in [5, 5.41) is 11.1. The van der Waals surface area contributed by atoms with Gasteiger partial charge in [-0.1, -0.05) is 31.2 Å². The maximum atomic E-state index is 13.3. The number of amides is 1. The summed E-state index contributed by atoms with van der Waals surface area (Å²) >= 11 is 1.40. The van der Waals surface area contributed by atoms with Gasteiger partial charge in [0.25, 0.3) is 0 Å². The molecule has 0 saturated carbocycles. The van der Waals surface area contributed by atoms with Crippen LogP contribution in [0.25, 0.3) is 0 Å². The van der Waals surface area contributed by atoms with Crippen LogP contribution in [0.4, 0.5) is 18.0 Å². The van der Waals surface area contributed by atoms with Crippen LogP contribution >= 0.6 is 11.3 Å². The van der Waals surface area contributed by atoms with Gasteiger partial charge in [0.1, 0.15) is 0 Å². The molecule has 0 bridgehead atoms. The van der Waals surface area contributed by atoms with Gasteiger partial charge in [0.15, 0.2) is 6.04 Å². The van der Waals surface area contributed by atoms with E-state index < -0.39 is 18.3 Å². The van der Waals surface area contributed by atoms with Crippen molar-refractivity contribution in [3.63, 3.8) is 0 Å². The first-order chi connectivity index (χ1) is 10.7. The molecule has 0 saturated heterocycles. The molecule has 2 rings (SSSR count). The molecule has 4 nitrogen and oxygen atoms in total. The normalized spacial score (nSPS) is 14.3. The maximum absolute atomic E-state index is 13.3. The molecule has 0 radical (unpaired) electrons. The van der Waals surface area contributed by atoms with E-state index in [-0.39, 0.29) is 11.5 Å². The van der Waals surface area contributed by atoms with Crippen molar-refractivity contribution >= 4 is 17.4 Å². The molecule has 0 spiro atoms. The molecule has 2 aromatic rings. The Morgan fingerprint density at radius 1 is 1.30 bits per heavy atom. The number of halogens is 3. The van der Waals surface area contributed by atoms with Crippen molar-refractivity contribution in [1.29, 1.82) is 0 Å². The fourth-order valence-electron chi connectivity index (χ4n) is 2.36. The van der Waals surface area contributed by atoms with Gasteiger partial charge in [-0.3, -0.25) is 0 Å². The molecule has 2 atom stereocenters. The Kier molecular flexibility index (Phi) is 4.93. The molecular formula is C15H15F3N2O2S. The summed E-state index contributed by atoms with van der Waals surface area (Å²) in [4.78, 5) is 15.7. The second kappa shape index (κ2) is 6.57. The summed E-state index contributed by atoms with van der Waals surface area (Å²) < 4.78 is 39.8. The van der Waals surface area contributed by atoms with Crippen molar-refractivity contribution in [3.05, 3.63) is 51.5 Å². The summed E-state index contributed by atoms with van der Waals surface area (Å²) in [6, 6.07) is 3.71. The summed E-state index contributed by atoms with van der Waals surface area (Å²) in [6.07, 6.45) is -4.81. The van der Waals surface area contributed by atoms with Gasteiger partial charge in [-0.15, -0.1) is 11.3 Å². The highest BCUT2D eigenvalue weighted by Gasteiger charge is 2.43. The molecule has 1 heterocycles. The summed E-state index contributed by atoms with van der Waals surface area (Å²) in [7, 11) is 0. The molecule has 0 fully saturated rings. The van der Waals surface area contributed by atoms with Gasteiger partial charge in [0.05, 0.1) is 5.01 Å². The predicted molar refractivity (Wildman–Crippen MR) is 80.8 cm³/mol. The van der Waals surface area contributed by atoms with Crippen LogP contribution in [0.15, 0.2) is 30.5 Å². The molecule has 0 unspecified atom stereocenters. The van der Waals surface area contributed by atoms with E-state index in [4.69, 9.17) is 5.11 Å². The van der Waals surface area contributed by atoms with E-state index >= 15 is 0 Å². The number of rotatable bonds is 4. The SMILES string of the molecule is Cc1ncc([C@H](C)c2ccccc2[C@@H](NC(=O)O)C(F)(F)F)s1. The Bertz CT molecular complexity index is 700. The van der Waals surface area contributed by atoms with Crippen LogP contribution in [0.5, 0.6) is 0 Å². The fraction of sp³-hybridized carbons (Fsp3) is 0.333. The minimum absolute atomic E-state index is 0.0963. The average molecular weight is 344 g/mol. The number of alkyl halides is 3. The second-order valence-electron chi connectivity index (χ2n) is 5.06. The first-order valence-corrected chi connectivity index (χ1v) is 7.59. The molecule has 0 aliphatic rings. The molecule has 1 amide bonds. The van der Waals surface area contributed by atoms with Crippen molar-refractivity contribution in [2.75, 3.05) is 0 Å². The third-order valence-corrected chi connectivity index (χ3v) is 4.53. The minimum Gasteiger partial charge on any atom is -0.465 e. The first kappa shape index (κ1) is 17.3. The molecule has 2 N–H and O–H groups in total. The van der Waals surface area contributed by atoms with Crippen molar-refractivity contribution < 1.29 is 23.1 Å². The van der Waals surface area contributed by atoms with E-state index in [1.165, 1.54) is 23.5 Å². The third-order valence-electron chi connectivity index (χ3n) is 3.43. The Labute approximate surface area is 135 Å². The molecule has 0 aliphatic carbocycles. The van der Waals surface area contributed by atoms with Gasteiger partial charge in [0, 0.05) is 17.0 Å². The zero-order valence-electron chi connectivity index (χ0n) is 12.4. The number of carbonyl (C=O) groups is 1. The van der Waals surface area contributed by atoms with E-state index in [2.05, 4.69) is 4.98 Å². The molecular weight excluding hydrogens is 329 g/mol. The van der Waals surface area contributed by atoms with Gasteiger partial charge in [-0.05, 0) is 18.1 Å². The highest BCUT2D eigenvalue weighted by molar-refractivity contribution is 7.11. The number of aromatic nitrogens is 1. The van der Waals surface area contributed by atoms with Crippen LogP contribution < -0.4 is 5.32 Å². The second-order valence-corrected chi connectivity index (χ2v) is 6.32. The number of carboxylic acid groups (broad SMARTS) is 1. The molecule has 124 valence electrons. The zero-order valence-corrected chi connectivity index (χ0v) is 13.2. The number of nitrogens with one attached hydrogen (secondary N) is 1. The molecule has 1 aromatic carbocycles. The quantitative estimate of drug-likeness (QED) is 0.860. The average Bonchev–Trinajstić information content (AvgIpc) is 2.89. The van der Waals surface area contributed by atoms with E-state index in [1.807, 2.05) is 6.92 Å². The van der Waals surface area contributed by atoms with Gasteiger partial charge < -0.3 is 10.4 Å². The van der Waals surface area contributed by atoms with Gasteiger partial charge in [-0.25, -0.2) is 9.78 Å². The summed E-state index contributed by atoms with van der Waals surface area (Å²) in [6.45, 7) is 3.59. The number of thiazole rings is 1. The van der Waals surface area contributed by atoms with E-state index in [0.717, 1.165) is 9.88 Å². The van der Waals surface area contributed by atoms with Crippen molar-refractivity contribution in [2.45, 2.75) is 32.0 Å². The van der Waals surface area contributed by atoms with E-state index in [9.17, 15) is 18.0 Å². The highest BCUT2D eigenvalue weighted by Crippen LogP contribution is 2.39. The monoisotopic (exact) mass is 344 g/mol. The van der Waals surface area contributed by atoms with Crippen molar-refractivity contribution in [2.24, 2.45) is 0 Å².